The molecule has 0 spiro atoms. The fraction of sp³-hybridized carbons (Fsp3) is 0.368. The number of rotatable bonds is 4. The second kappa shape index (κ2) is 8.16. The Bertz CT molecular complexity index is 746. The van der Waals surface area contributed by atoms with Gasteiger partial charge in [0.1, 0.15) is 5.75 Å². The summed E-state index contributed by atoms with van der Waals surface area (Å²) >= 11 is 1.53. The predicted octanol–water partition coefficient (Wildman–Crippen LogP) is 3.17. The molecule has 0 atom stereocenters. The van der Waals surface area contributed by atoms with Crippen LogP contribution in [0.2, 0.25) is 0 Å². The van der Waals surface area contributed by atoms with Crippen LogP contribution in [0, 0.1) is 6.92 Å². The van der Waals surface area contributed by atoms with Gasteiger partial charge in [-0.15, -0.1) is 11.3 Å². The highest BCUT2D eigenvalue weighted by molar-refractivity contribution is 7.14. The number of hydrazine groups is 1. The first-order chi connectivity index (χ1) is 12.1. The molecule has 25 heavy (non-hydrogen) atoms. The third kappa shape index (κ3) is 4.60. The summed E-state index contributed by atoms with van der Waals surface area (Å²) in [6, 6.07) is 9.43. The molecule has 1 aromatic carbocycles. The number of aryl methyl sites for hydroxylation is 3. The molecular weight excluding hydrogens is 336 g/mol. The maximum absolute atomic E-state index is 12.2. The Morgan fingerprint density at radius 2 is 1.92 bits per heavy atom. The molecule has 0 bridgehead atoms. The van der Waals surface area contributed by atoms with Gasteiger partial charge in [-0.3, -0.25) is 20.4 Å². The predicted molar refractivity (Wildman–Crippen MR) is 97.9 cm³/mol. The highest BCUT2D eigenvalue weighted by Crippen LogP contribution is 2.28. The molecule has 6 heteroatoms. The molecule has 2 N–H and O–H groups in total. The van der Waals surface area contributed by atoms with E-state index >= 15 is 0 Å². The molecule has 0 fully saturated rings. The van der Waals surface area contributed by atoms with Crippen LogP contribution in [0.3, 0.4) is 0 Å². The number of carbonyl (C=O) groups excluding carboxylic acids is 2. The SMILES string of the molecule is Cc1ccccc1OCC(=O)NNC(=O)c1cc2c(s1)CCCCC2. The lowest BCUT2D eigenvalue weighted by atomic mass is 10.1. The van der Waals surface area contributed by atoms with Crippen LogP contribution in [0.15, 0.2) is 30.3 Å². The minimum Gasteiger partial charge on any atom is -0.483 e. The molecular formula is C19H22N2O3S. The van der Waals surface area contributed by atoms with E-state index in [4.69, 9.17) is 4.74 Å². The van der Waals surface area contributed by atoms with Crippen molar-refractivity contribution in [2.75, 3.05) is 6.61 Å². The summed E-state index contributed by atoms with van der Waals surface area (Å²) in [5.41, 5.74) is 7.11. The van der Waals surface area contributed by atoms with E-state index in [1.807, 2.05) is 31.2 Å². The van der Waals surface area contributed by atoms with Gasteiger partial charge in [0.05, 0.1) is 4.88 Å². The summed E-state index contributed by atoms with van der Waals surface area (Å²) < 4.78 is 5.46. The van der Waals surface area contributed by atoms with Gasteiger partial charge in [-0.2, -0.15) is 0 Å². The van der Waals surface area contributed by atoms with Crippen LogP contribution in [-0.4, -0.2) is 18.4 Å². The molecule has 0 saturated carbocycles. The largest absolute Gasteiger partial charge is 0.483 e. The molecule has 0 saturated heterocycles. The van der Waals surface area contributed by atoms with Crippen LogP contribution < -0.4 is 15.6 Å². The molecule has 132 valence electrons. The molecule has 1 aromatic heterocycles. The zero-order valence-electron chi connectivity index (χ0n) is 14.3. The van der Waals surface area contributed by atoms with Gasteiger partial charge in [-0.25, -0.2) is 0 Å². The standard InChI is InChI=1S/C19H22N2O3S/c1-13-7-5-6-9-15(13)24-12-18(22)20-21-19(23)17-11-14-8-3-2-4-10-16(14)25-17/h5-7,9,11H,2-4,8,10,12H2,1H3,(H,20,22)(H,21,23). The third-order valence-corrected chi connectivity index (χ3v) is 5.47. The maximum Gasteiger partial charge on any atom is 0.279 e. The minimum atomic E-state index is -0.394. The molecule has 3 rings (SSSR count). The normalized spacial score (nSPS) is 13.5. The van der Waals surface area contributed by atoms with Crippen molar-refractivity contribution in [1.82, 2.24) is 10.9 Å². The highest BCUT2D eigenvalue weighted by atomic mass is 32.1. The van der Waals surface area contributed by atoms with E-state index < -0.39 is 5.91 Å². The number of hydrogen-bond donors (Lipinski definition) is 2. The van der Waals surface area contributed by atoms with Gasteiger partial charge in [-0.1, -0.05) is 24.6 Å². The van der Waals surface area contributed by atoms with Crippen molar-refractivity contribution in [3.63, 3.8) is 0 Å². The lowest BCUT2D eigenvalue weighted by Gasteiger charge is -2.09. The molecule has 1 heterocycles. The molecule has 1 aliphatic carbocycles. The molecule has 0 radical (unpaired) electrons. The number of para-hydroxylation sites is 1. The van der Waals surface area contributed by atoms with Crippen LogP contribution in [-0.2, 0) is 17.6 Å². The molecule has 5 nitrogen and oxygen atoms in total. The Hall–Kier alpha value is -2.34. The number of hydrogen-bond acceptors (Lipinski definition) is 4. The quantitative estimate of drug-likeness (QED) is 0.652. The summed E-state index contributed by atoms with van der Waals surface area (Å²) in [7, 11) is 0. The Balaban J connectivity index is 1.49. The van der Waals surface area contributed by atoms with Gasteiger partial charge >= 0.3 is 0 Å². The van der Waals surface area contributed by atoms with Gasteiger partial charge in [0.25, 0.3) is 11.8 Å². The van der Waals surface area contributed by atoms with Crippen molar-refractivity contribution >= 4 is 23.2 Å². The van der Waals surface area contributed by atoms with E-state index in [1.165, 1.54) is 41.0 Å². The molecule has 0 aliphatic heterocycles. The number of benzene rings is 1. The lowest BCUT2D eigenvalue weighted by Crippen LogP contribution is -2.43. The van der Waals surface area contributed by atoms with Crippen LogP contribution >= 0.6 is 11.3 Å². The Morgan fingerprint density at radius 3 is 2.76 bits per heavy atom. The van der Waals surface area contributed by atoms with E-state index in [0.717, 1.165) is 18.4 Å². The first-order valence-corrected chi connectivity index (χ1v) is 9.34. The Kier molecular flexibility index (Phi) is 5.71. The molecule has 2 aromatic rings. The van der Waals surface area contributed by atoms with E-state index in [2.05, 4.69) is 10.9 Å². The van der Waals surface area contributed by atoms with Crippen LogP contribution in [0.25, 0.3) is 0 Å². The number of nitrogens with one attached hydrogen (secondary N) is 2. The molecule has 0 unspecified atom stereocenters. The first-order valence-electron chi connectivity index (χ1n) is 8.52. The van der Waals surface area contributed by atoms with E-state index in [9.17, 15) is 9.59 Å². The molecule has 1 aliphatic rings. The number of thiophene rings is 1. The van der Waals surface area contributed by atoms with Crippen molar-refractivity contribution in [3.8, 4) is 5.75 Å². The van der Waals surface area contributed by atoms with Crippen molar-refractivity contribution in [1.29, 1.82) is 0 Å². The van der Waals surface area contributed by atoms with Crippen LogP contribution in [0.4, 0.5) is 0 Å². The number of amides is 2. The zero-order valence-corrected chi connectivity index (χ0v) is 15.1. The minimum absolute atomic E-state index is 0.147. The number of ether oxygens (including phenoxy) is 1. The summed E-state index contributed by atoms with van der Waals surface area (Å²) in [6.07, 6.45) is 5.69. The third-order valence-electron chi connectivity index (χ3n) is 4.24. The Labute approximate surface area is 151 Å². The zero-order chi connectivity index (χ0) is 17.6. The molecule has 2 amide bonds. The maximum atomic E-state index is 12.2. The summed E-state index contributed by atoms with van der Waals surface area (Å²) in [4.78, 5) is 26.0. The highest BCUT2D eigenvalue weighted by Gasteiger charge is 2.17. The second-order valence-corrected chi connectivity index (χ2v) is 7.31. The topological polar surface area (TPSA) is 67.4 Å². The van der Waals surface area contributed by atoms with Crippen LogP contribution in [0.1, 0.15) is 44.9 Å². The number of fused-ring (bicyclic) bond motifs is 1. The smallest absolute Gasteiger partial charge is 0.279 e. The van der Waals surface area contributed by atoms with Crippen LogP contribution in [0.5, 0.6) is 5.75 Å². The van der Waals surface area contributed by atoms with E-state index in [-0.39, 0.29) is 12.5 Å². The second-order valence-electron chi connectivity index (χ2n) is 6.18. The number of carbonyl (C=O) groups is 2. The van der Waals surface area contributed by atoms with E-state index in [0.29, 0.717) is 10.6 Å². The van der Waals surface area contributed by atoms with E-state index in [1.54, 1.807) is 6.07 Å². The van der Waals surface area contributed by atoms with Gasteiger partial charge in [0.2, 0.25) is 0 Å². The van der Waals surface area contributed by atoms with Crippen molar-refractivity contribution in [3.05, 3.63) is 51.2 Å². The lowest BCUT2D eigenvalue weighted by molar-refractivity contribution is -0.123. The summed E-state index contributed by atoms with van der Waals surface area (Å²) in [5.74, 6) is -0.0111. The monoisotopic (exact) mass is 358 g/mol. The van der Waals surface area contributed by atoms with Crippen molar-refractivity contribution in [2.24, 2.45) is 0 Å². The Morgan fingerprint density at radius 1 is 1.12 bits per heavy atom. The summed E-state index contributed by atoms with van der Waals surface area (Å²) in [6.45, 7) is 1.77. The fourth-order valence-corrected chi connectivity index (χ4v) is 4.01. The average Bonchev–Trinajstić information content (AvgIpc) is 2.90. The first kappa shape index (κ1) is 17.5. The van der Waals surface area contributed by atoms with Crippen molar-refractivity contribution < 1.29 is 14.3 Å². The van der Waals surface area contributed by atoms with Gasteiger partial charge in [-0.05, 0) is 55.9 Å². The van der Waals surface area contributed by atoms with Gasteiger partial charge in [0.15, 0.2) is 6.61 Å². The van der Waals surface area contributed by atoms with Gasteiger partial charge in [0, 0.05) is 4.88 Å². The van der Waals surface area contributed by atoms with Gasteiger partial charge < -0.3 is 4.74 Å². The average molecular weight is 358 g/mol. The van der Waals surface area contributed by atoms with Crippen molar-refractivity contribution in [2.45, 2.75) is 39.0 Å². The fourth-order valence-electron chi connectivity index (χ4n) is 2.87. The summed E-state index contributed by atoms with van der Waals surface area (Å²) in [5, 5.41) is 0.